The number of fused-ring (bicyclic) bond motifs is 3. The van der Waals surface area contributed by atoms with Gasteiger partial charge in [-0.05, 0) is 25.1 Å². The van der Waals surface area contributed by atoms with Gasteiger partial charge >= 0.3 is 0 Å². The van der Waals surface area contributed by atoms with Crippen molar-refractivity contribution in [2.45, 2.75) is 13.0 Å². The molecule has 2 aliphatic rings. The molecule has 1 atom stereocenters. The zero-order valence-corrected chi connectivity index (χ0v) is 10.7. The number of aliphatic hydroxyl groups is 1. The van der Waals surface area contributed by atoms with Crippen molar-refractivity contribution in [3.05, 3.63) is 35.7 Å². The molecule has 1 aromatic carbocycles. The standard InChI is InChI=1S/C14H16N2O3/c1-9(17)7-15-10-2-3-12-11(6-10)14(18)13-8-19-5-4-16(12)13/h2-3,6,8-9,15,17H,4-5,7H2,1H3. The average molecular weight is 260 g/mol. The summed E-state index contributed by atoms with van der Waals surface area (Å²) in [7, 11) is 0. The van der Waals surface area contributed by atoms with Gasteiger partial charge in [0.25, 0.3) is 0 Å². The Kier molecular flexibility index (Phi) is 2.91. The number of hydrogen-bond acceptors (Lipinski definition) is 5. The largest absolute Gasteiger partial charge is 0.497 e. The van der Waals surface area contributed by atoms with Crippen LogP contribution in [0.4, 0.5) is 11.4 Å². The number of ether oxygens (including phenoxy) is 1. The Morgan fingerprint density at radius 3 is 3.16 bits per heavy atom. The Morgan fingerprint density at radius 2 is 2.37 bits per heavy atom. The van der Waals surface area contributed by atoms with Crippen LogP contribution in [0.2, 0.25) is 0 Å². The molecule has 1 aromatic rings. The highest BCUT2D eigenvalue weighted by Crippen LogP contribution is 2.37. The highest BCUT2D eigenvalue weighted by atomic mass is 16.5. The van der Waals surface area contributed by atoms with Crippen molar-refractivity contribution in [3.63, 3.8) is 0 Å². The molecule has 0 aliphatic carbocycles. The van der Waals surface area contributed by atoms with E-state index in [0.717, 1.165) is 11.4 Å². The smallest absolute Gasteiger partial charge is 0.214 e. The maximum absolute atomic E-state index is 12.3. The summed E-state index contributed by atoms with van der Waals surface area (Å²) in [6.07, 6.45) is 1.11. The predicted octanol–water partition coefficient (Wildman–Crippen LogP) is 1.35. The summed E-state index contributed by atoms with van der Waals surface area (Å²) in [5, 5.41) is 12.4. The normalized spacial score (nSPS) is 18.3. The van der Waals surface area contributed by atoms with E-state index in [9.17, 15) is 9.90 Å². The number of rotatable bonds is 3. The van der Waals surface area contributed by atoms with E-state index in [1.165, 1.54) is 6.26 Å². The first-order valence-corrected chi connectivity index (χ1v) is 6.37. The Morgan fingerprint density at radius 1 is 1.53 bits per heavy atom. The number of hydrogen-bond donors (Lipinski definition) is 2. The van der Waals surface area contributed by atoms with E-state index in [0.29, 0.717) is 31.0 Å². The first-order chi connectivity index (χ1) is 9.16. The van der Waals surface area contributed by atoms with E-state index in [4.69, 9.17) is 4.74 Å². The van der Waals surface area contributed by atoms with Gasteiger partial charge in [0.15, 0.2) is 0 Å². The van der Waals surface area contributed by atoms with E-state index in [2.05, 4.69) is 5.32 Å². The molecule has 0 saturated heterocycles. The number of Topliss-reactive ketones (excluding diaryl/α,β-unsaturated/α-hetero) is 1. The molecule has 5 nitrogen and oxygen atoms in total. The van der Waals surface area contributed by atoms with Crippen molar-refractivity contribution in [3.8, 4) is 0 Å². The van der Waals surface area contributed by atoms with Crippen LogP contribution >= 0.6 is 0 Å². The van der Waals surface area contributed by atoms with E-state index in [1.54, 1.807) is 6.92 Å². The Labute approximate surface area is 111 Å². The molecule has 0 saturated carbocycles. The lowest BCUT2D eigenvalue weighted by Gasteiger charge is -2.23. The average Bonchev–Trinajstić information content (AvgIpc) is 2.71. The van der Waals surface area contributed by atoms with Crippen molar-refractivity contribution in [1.82, 2.24) is 0 Å². The summed E-state index contributed by atoms with van der Waals surface area (Å²) in [4.78, 5) is 14.2. The molecule has 19 heavy (non-hydrogen) atoms. The quantitative estimate of drug-likeness (QED) is 0.859. The van der Waals surface area contributed by atoms with Gasteiger partial charge in [0.05, 0.1) is 18.3 Å². The van der Waals surface area contributed by atoms with Crippen molar-refractivity contribution in [2.75, 3.05) is 29.9 Å². The molecule has 5 heteroatoms. The van der Waals surface area contributed by atoms with Crippen LogP contribution in [0.5, 0.6) is 0 Å². The summed E-state index contributed by atoms with van der Waals surface area (Å²) < 4.78 is 5.22. The van der Waals surface area contributed by atoms with Crippen molar-refractivity contribution in [1.29, 1.82) is 0 Å². The van der Waals surface area contributed by atoms with E-state index in [1.807, 2.05) is 23.1 Å². The molecule has 3 rings (SSSR count). The van der Waals surface area contributed by atoms with E-state index < -0.39 is 6.10 Å². The molecular formula is C14H16N2O3. The Hall–Kier alpha value is -2.01. The number of carbonyl (C=O) groups excluding carboxylic acids is 1. The van der Waals surface area contributed by atoms with Gasteiger partial charge < -0.3 is 20.1 Å². The molecule has 0 radical (unpaired) electrons. The van der Waals surface area contributed by atoms with Gasteiger partial charge in [-0.2, -0.15) is 0 Å². The predicted molar refractivity (Wildman–Crippen MR) is 72.3 cm³/mol. The molecule has 2 heterocycles. The summed E-state index contributed by atoms with van der Waals surface area (Å²) >= 11 is 0. The lowest BCUT2D eigenvalue weighted by molar-refractivity contribution is 0.102. The minimum atomic E-state index is -0.425. The summed E-state index contributed by atoms with van der Waals surface area (Å²) in [5.74, 6) is -0.00426. The molecule has 0 bridgehead atoms. The van der Waals surface area contributed by atoms with Gasteiger partial charge in [-0.15, -0.1) is 0 Å². The van der Waals surface area contributed by atoms with Crippen LogP contribution in [0.15, 0.2) is 30.2 Å². The van der Waals surface area contributed by atoms with Crippen LogP contribution < -0.4 is 10.2 Å². The second kappa shape index (κ2) is 4.59. The zero-order valence-electron chi connectivity index (χ0n) is 10.7. The maximum atomic E-state index is 12.3. The third-order valence-corrected chi connectivity index (χ3v) is 3.28. The minimum absolute atomic E-state index is 0.00426. The van der Waals surface area contributed by atoms with Crippen LogP contribution in [0.25, 0.3) is 0 Å². The molecule has 0 amide bonds. The SMILES string of the molecule is CC(O)CNc1ccc2c(c1)C(=O)C1=COCCN12. The van der Waals surface area contributed by atoms with Gasteiger partial charge in [-0.1, -0.05) is 0 Å². The first kappa shape index (κ1) is 12.0. The molecule has 2 aliphatic heterocycles. The topological polar surface area (TPSA) is 61.8 Å². The zero-order chi connectivity index (χ0) is 13.4. The molecule has 1 unspecified atom stereocenters. The fourth-order valence-corrected chi connectivity index (χ4v) is 2.36. The summed E-state index contributed by atoms with van der Waals surface area (Å²) in [6.45, 7) is 3.47. The third kappa shape index (κ3) is 2.06. The second-order valence-corrected chi connectivity index (χ2v) is 4.82. The van der Waals surface area contributed by atoms with Crippen LogP contribution in [0, 0.1) is 0 Å². The van der Waals surface area contributed by atoms with Crippen molar-refractivity contribution in [2.24, 2.45) is 0 Å². The number of anilines is 2. The van der Waals surface area contributed by atoms with Crippen molar-refractivity contribution >= 4 is 17.2 Å². The maximum Gasteiger partial charge on any atom is 0.214 e. The number of nitrogens with one attached hydrogen (secondary N) is 1. The Balaban J connectivity index is 1.91. The number of nitrogens with zero attached hydrogens (tertiary/aromatic N) is 1. The van der Waals surface area contributed by atoms with E-state index in [-0.39, 0.29) is 5.78 Å². The molecule has 0 fully saturated rings. The molecule has 2 N–H and O–H groups in total. The molecule has 0 spiro atoms. The molecule has 100 valence electrons. The second-order valence-electron chi connectivity index (χ2n) is 4.82. The van der Waals surface area contributed by atoms with Gasteiger partial charge in [0.2, 0.25) is 5.78 Å². The lowest BCUT2D eigenvalue weighted by atomic mass is 10.1. The number of aliphatic hydroxyl groups excluding tert-OH is 1. The van der Waals surface area contributed by atoms with Crippen LogP contribution in [-0.4, -0.2) is 36.7 Å². The molecular weight excluding hydrogens is 244 g/mol. The first-order valence-electron chi connectivity index (χ1n) is 6.37. The molecule has 0 aromatic heterocycles. The van der Waals surface area contributed by atoms with Gasteiger partial charge in [-0.25, -0.2) is 0 Å². The lowest BCUT2D eigenvalue weighted by Crippen LogP contribution is -2.28. The summed E-state index contributed by atoms with van der Waals surface area (Å²) in [5.41, 5.74) is 3.07. The van der Waals surface area contributed by atoms with E-state index >= 15 is 0 Å². The highest BCUT2D eigenvalue weighted by Gasteiger charge is 2.34. The monoisotopic (exact) mass is 260 g/mol. The minimum Gasteiger partial charge on any atom is -0.497 e. The van der Waals surface area contributed by atoms with Crippen LogP contribution in [-0.2, 0) is 4.74 Å². The van der Waals surface area contributed by atoms with Gasteiger partial charge in [0.1, 0.15) is 18.6 Å². The fraction of sp³-hybridized carbons (Fsp3) is 0.357. The summed E-state index contributed by atoms with van der Waals surface area (Å²) in [6, 6.07) is 5.69. The Bertz CT molecular complexity index is 552. The number of carbonyl (C=O) groups is 1. The number of allylic oxidation sites excluding steroid dienone is 1. The van der Waals surface area contributed by atoms with Gasteiger partial charge in [0, 0.05) is 17.8 Å². The van der Waals surface area contributed by atoms with Crippen LogP contribution in [0.1, 0.15) is 17.3 Å². The van der Waals surface area contributed by atoms with Gasteiger partial charge in [-0.3, -0.25) is 4.79 Å². The number of benzene rings is 1. The fourth-order valence-electron chi connectivity index (χ4n) is 2.36. The number of ketones is 1. The van der Waals surface area contributed by atoms with Crippen LogP contribution in [0.3, 0.4) is 0 Å². The highest BCUT2D eigenvalue weighted by molar-refractivity contribution is 6.19. The van der Waals surface area contributed by atoms with Crippen molar-refractivity contribution < 1.29 is 14.6 Å². The third-order valence-electron chi connectivity index (χ3n) is 3.28.